The quantitative estimate of drug-likeness (QED) is 0.469. The van der Waals surface area contributed by atoms with Gasteiger partial charge in [0.2, 0.25) is 0 Å². The van der Waals surface area contributed by atoms with Crippen molar-refractivity contribution in [2.45, 2.75) is 52.6 Å². The van der Waals surface area contributed by atoms with E-state index in [9.17, 15) is 19.5 Å². The van der Waals surface area contributed by atoms with Crippen molar-refractivity contribution >= 4 is 23.8 Å². The van der Waals surface area contributed by atoms with Gasteiger partial charge in [-0.1, -0.05) is 39.0 Å². The number of ether oxygens (including phenoxy) is 1. The van der Waals surface area contributed by atoms with E-state index in [-0.39, 0.29) is 5.91 Å². The number of hydrogen-bond acceptors (Lipinski definition) is 6. The van der Waals surface area contributed by atoms with Crippen molar-refractivity contribution in [3.63, 3.8) is 0 Å². The molecule has 0 radical (unpaired) electrons. The molecular formula is C29H35N5O5. The van der Waals surface area contributed by atoms with Gasteiger partial charge in [-0.3, -0.25) is 14.4 Å². The fraction of sp³-hybridized carbons (Fsp3) is 0.414. The van der Waals surface area contributed by atoms with E-state index in [4.69, 9.17) is 4.74 Å². The van der Waals surface area contributed by atoms with Gasteiger partial charge in [-0.2, -0.15) is 5.10 Å². The summed E-state index contributed by atoms with van der Waals surface area (Å²) in [6.45, 7) is 8.32. The second-order valence-electron chi connectivity index (χ2n) is 10.9. The van der Waals surface area contributed by atoms with Crippen molar-refractivity contribution in [3.8, 4) is 11.1 Å². The van der Waals surface area contributed by atoms with E-state index < -0.39 is 29.6 Å². The highest BCUT2D eigenvalue weighted by Gasteiger charge is 2.46. The van der Waals surface area contributed by atoms with Crippen LogP contribution < -0.4 is 4.90 Å². The van der Waals surface area contributed by atoms with Gasteiger partial charge >= 0.3 is 12.1 Å². The lowest BCUT2D eigenvalue weighted by Gasteiger charge is -2.50. The highest BCUT2D eigenvalue weighted by atomic mass is 16.5. The zero-order chi connectivity index (χ0) is 28.5. The zero-order valence-corrected chi connectivity index (χ0v) is 23.2. The van der Waals surface area contributed by atoms with Gasteiger partial charge in [0, 0.05) is 30.9 Å². The third-order valence-electron chi connectivity index (χ3n) is 7.25. The Morgan fingerprint density at radius 2 is 1.82 bits per heavy atom. The third kappa shape index (κ3) is 5.36. The average molecular weight is 534 g/mol. The highest BCUT2D eigenvalue weighted by molar-refractivity contribution is 6.07. The first-order valence-electron chi connectivity index (χ1n) is 12.9. The number of esters is 1. The topological polar surface area (TPSA) is 118 Å². The van der Waals surface area contributed by atoms with Crippen molar-refractivity contribution < 1.29 is 24.2 Å². The predicted molar refractivity (Wildman–Crippen MR) is 147 cm³/mol. The van der Waals surface area contributed by atoms with Crippen LogP contribution in [0.3, 0.4) is 0 Å². The summed E-state index contributed by atoms with van der Waals surface area (Å²) < 4.78 is 6.36. The number of benzene rings is 1. The lowest BCUT2D eigenvalue weighted by molar-refractivity contribution is 0.0431. The monoisotopic (exact) mass is 533 g/mol. The molecule has 1 aliphatic heterocycles. The lowest BCUT2D eigenvalue weighted by Crippen LogP contribution is -2.63. The number of likely N-dealkylation sites (tertiary alicyclic amines) is 1. The summed E-state index contributed by atoms with van der Waals surface area (Å²) in [5, 5.41) is 14.2. The fourth-order valence-corrected chi connectivity index (χ4v) is 5.56. The molecule has 2 atom stereocenters. The van der Waals surface area contributed by atoms with Gasteiger partial charge in [-0.25, -0.2) is 14.6 Å². The Morgan fingerprint density at radius 3 is 2.41 bits per heavy atom. The van der Waals surface area contributed by atoms with Crippen molar-refractivity contribution in [2.75, 3.05) is 18.6 Å². The fourth-order valence-electron chi connectivity index (χ4n) is 5.56. The van der Waals surface area contributed by atoms with E-state index in [2.05, 4.69) is 10.1 Å². The Hall–Kier alpha value is -4.21. The number of carboxylic acid groups (broad SMARTS) is 1. The zero-order valence-electron chi connectivity index (χ0n) is 23.2. The number of carbonyl (C=O) groups is 3. The van der Waals surface area contributed by atoms with Crippen LogP contribution in [0.15, 0.2) is 48.8 Å². The molecular weight excluding hydrogens is 498 g/mol. The molecule has 0 bridgehead atoms. The molecule has 2 aromatic heterocycles. The van der Waals surface area contributed by atoms with Crippen LogP contribution in [0.5, 0.6) is 0 Å². The molecule has 4 rings (SSSR count). The SMILES string of the molecule is COC(=O)c1c(-c2ccc(C(=O)N(c3ncccc3C)[C@@H]3CCCN(C(=O)O)C3C(C)(C)C)cc2)cnn1C. The number of aromatic nitrogens is 3. The largest absolute Gasteiger partial charge is 0.465 e. The molecule has 1 aromatic carbocycles. The van der Waals surface area contributed by atoms with Gasteiger partial charge in [0.15, 0.2) is 5.69 Å². The summed E-state index contributed by atoms with van der Waals surface area (Å²) >= 11 is 0. The van der Waals surface area contributed by atoms with Gasteiger partial charge < -0.3 is 14.7 Å². The first kappa shape index (κ1) is 27.8. The van der Waals surface area contributed by atoms with Gasteiger partial charge in [-0.15, -0.1) is 0 Å². The van der Waals surface area contributed by atoms with Crippen LogP contribution in [-0.4, -0.2) is 68.5 Å². The van der Waals surface area contributed by atoms with Crippen molar-refractivity contribution in [1.82, 2.24) is 19.7 Å². The Balaban J connectivity index is 1.78. The molecule has 10 heteroatoms. The summed E-state index contributed by atoms with van der Waals surface area (Å²) in [4.78, 5) is 46.5. The number of carbonyl (C=O) groups excluding carboxylic acids is 2. The van der Waals surface area contributed by atoms with Crippen LogP contribution in [0.4, 0.5) is 10.6 Å². The minimum absolute atomic E-state index is 0.269. The van der Waals surface area contributed by atoms with Crippen LogP contribution in [0.1, 0.15) is 60.0 Å². The molecule has 1 saturated heterocycles. The molecule has 2 amide bonds. The minimum Gasteiger partial charge on any atom is -0.465 e. The Labute approximate surface area is 228 Å². The predicted octanol–water partition coefficient (Wildman–Crippen LogP) is 4.78. The van der Waals surface area contributed by atoms with Crippen LogP contribution in [0, 0.1) is 12.3 Å². The van der Waals surface area contributed by atoms with Crippen molar-refractivity contribution in [3.05, 3.63) is 65.6 Å². The van der Waals surface area contributed by atoms with Crippen LogP contribution in [0.25, 0.3) is 11.1 Å². The highest BCUT2D eigenvalue weighted by Crippen LogP contribution is 2.38. The first-order valence-corrected chi connectivity index (χ1v) is 12.9. The van der Waals surface area contributed by atoms with Gasteiger partial charge in [0.1, 0.15) is 5.82 Å². The number of nitrogens with zero attached hydrogens (tertiary/aromatic N) is 5. The number of methoxy groups -OCH3 is 1. The molecule has 0 spiro atoms. The van der Waals surface area contributed by atoms with Gasteiger partial charge in [-0.05, 0) is 54.5 Å². The van der Waals surface area contributed by atoms with Crippen molar-refractivity contribution in [2.24, 2.45) is 12.5 Å². The maximum atomic E-state index is 14.2. The normalized spacial score (nSPS) is 17.5. The van der Waals surface area contributed by atoms with E-state index in [1.165, 1.54) is 16.7 Å². The average Bonchev–Trinajstić information content (AvgIpc) is 3.30. The van der Waals surface area contributed by atoms with Gasteiger partial charge in [0.25, 0.3) is 5.91 Å². The van der Waals surface area contributed by atoms with Crippen LogP contribution in [-0.2, 0) is 11.8 Å². The smallest absolute Gasteiger partial charge is 0.407 e. The Morgan fingerprint density at radius 1 is 1.13 bits per heavy atom. The first-order chi connectivity index (χ1) is 18.5. The number of amides is 2. The molecule has 0 saturated carbocycles. The molecule has 206 valence electrons. The molecule has 1 fully saturated rings. The molecule has 3 heterocycles. The van der Waals surface area contributed by atoms with Gasteiger partial charge in [0.05, 0.1) is 25.4 Å². The second-order valence-corrected chi connectivity index (χ2v) is 10.9. The number of hydrogen-bond donors (Lipinski definition) is 1. The molecule has 3 aromatic rings. The molecule has 1 aliphatic rings. The molecule has 0 aliphatic carbocycles. The summed E-state index contributed by atoms with van der Waals surface area (Å²) in [7, 11) is 2.98. The van der Waals surface area contributed by atoms with Crippen LogP contribution >= 0.6 is 0 Å². The maximum absolute atomic E-state index is 14.2. The number of piperidine rings is 1. The van der Waals surface area contributed by atoms with E-state index in [1.807, 2.05) is 39.8 Å². The van der Waals surface area contributed by atoms with E-state index in [0.717, 1.165) is 5.56 Å². The van der Waals surface area contributed by atoms with E-state index in [1.54, 1.807) is 48.6 Å². The maximum Gasteiger partial charge on any atom is 0.407 e. The molecule has 10 nitrogen and oxygen atoms in total. The Kier molecular flexibility index (Phi) is 7.76. The molecule has 1 N–H and O–H groups in total. The second kappa shape index (κ2) is 10.9. The molecule has 39 heavy (non-hydrogen) atoms. The van der Waals surface area contributed by atoms with E-state index in [0.29, 0.717) is 47.6 Å². The summed E-state index contributed by atoms with van der Waals surface area (Å²) in [6.07, 6.45) is 3.52. The number of aryl methyl sites for hydroxylation is 2. The summed E-state index contributed by atoms with van der Waals surface area (Å²) in [6, 6.07) is 9.81. The van der Waals surface area contributed by atoms with Crippen molar-refractivity contribution in [1.29, 1.82) is 0 Å². The van der Waals surface area contributed by atoms with E-state index >= 15 is 0 Å². The number of rotatable bonds is 5. The Bertz CT molecular complexity index is 1380. The van der Waals surface area contributed by atoms with Crippen LogP contribution in [0.2, 0.25) is 0 Å². The number of pyridine rings is 1. The standard InChI is InChI=1S/C29H35N5O5/c1-18-9-7-15-30-25(18)34(22-10-8-16-33(28(37)38)24(22)29(2,3)4)26(35)20-13-11-19(12-14-20)21-17-31-32(5)23(21)27(36)39-6/h7,9,11-15,17,22,24H,8,10,16H2,1-6H3,(H,37,38)/t22-,24?/m1/s1. The minimum atomic E-state index is -0.994. The third-order valence-corrected chi connectivity index (χ3v) is 7.25. The summed E-state index contributed by atoms with van der Waals surface area (Å²) in [5.41, 5.74) is 2.43. The summed E-state index contributed by atoms with van der Waals surface area (Å²) in [5.74, 6) is -0.261. The lowest BCUT2D eigenvalue weighted by atomic mass is 9.77. The number of anilines is 1. The molecule has 1 unspecified atom stereocenters.